The lowest BCUT2D eigenvalue weighted by molar-refractivity contribution is -0.384. The largest absolute Gasteiger partial charge is 0.269 e. The second-order valence-corrected chi connectivity index (χ2v) is 7.28. The molecule has 0 heterocycles. The van der Waals surface area contributed by atoms with Crippen molar-refractivity contribution >= 4 is 15.5 Å². The van der Waals surface area contributed by atoms with Gasteiger partial charge in [0.05, 0.1) is 27.1 Å². The molecule has 0 bridgehead atoms. The summed E-state index contributed by atoms with van der Waals surface area (Å²) in [5, 5.41) is 19.4. The van der Waals surface area contributed by atoms with Gasteiger partial charge in [0.25, 0.3) is 5.69 Å². The molecule has 0 atom stereocenters. The fourth-order valence-corrected chi connectivity index (χ4v) is 2.96. The van der Waals surface area contributed by atoms with Crippen molar-refractivity contribution in [3.8, 4) is 6.07 Å². The number of non-ortho nitro benzene ring substituents is 1. The molecule has 0 radical (unpaired) electrons. The van der Waals surface area contributed by atoms with E-state index in [4.69, 9.17) is 5.26 Å². The van der Waals surface area contributed by atoms with Crippen molar-refractivity contribution in [3.05, 3.63) is 34.4 Å². The molecule has 20 heavy (non-hydrogen) atoms. The predicted molar refractivity (Wildman–Crippen MR) is 73.8 cm³/mol. The van der Waals surface area contributed by atoms with Gasteiger partial charge in [-0.1, -0.05) is 0 Å². The van der Waals surface area contributed by atoms with Crippen LogP contribution in [0.3, 0.4) is 0 Å². The van der Waals surface area contributed by atoms with Crippen LogP contribution in [0.5, 0.6) is 0 Å². The Labute approximate surface area is 118 Å². The van der Waals surface area contributed by atoms with E-state index in [1.54, 1.807) is 13.8 Å². The Morgan fingerprint density at radius 2 is 1.85 bits per heavy atom. The number of benzene rings is 1. The third kappa shape index (κ3) is 4.31. The average molecular weight is 296 g/mol. The highest BCUT2D eigenvalue weighted by Crippen LogP contribution is 2.23. The van der Waals surface area contributed by atoms with Gasteiger partial charge < -0.3 is 0 Å². The zero-order valence-electron chi connectivity index (χ0n) is 11.4. The van der Waals surface area contributed by atoms with Crippen LogP contribution in [0, 0.1) is 26.9 Å². The van der Waals surface area contributed by atoms with Crippen molar-refractivity contribution < 1.29 is 13.3 Å². The van der Waals surface area contributed by atoms with Crippen LogP contribution in [0.4, 0.5) is 5.69 Å². The van der Waals surface area contributed by atoms with E-state index < -0.39 is 20.2 Å². The molecule has 0 aromatic heterocycles. The molecular weight excluding hydrogens is 280 g/mol. The summed E-state index contributed by atoms with van der Waals surface area (Å²) in [4.78, 5) is 9.99. The Hall–Kier alpha value is -1.94. The molecule has 0 aliphatic rings. The molecule has 1 aromatic carbocycles. The summed E-state index contributed by atoms with van der Waals surface area (Å²) in [5.41, 5.74) is -0.695. The highest BCUT2D eigenvalue weighted by Gasteiger charge is 2.20. The molecule has 1 aromatic rings. The first-order valence-corrected chi connectivity index (χ1v) is 7.72. The Bertz CT molecular complexity index is 627. The highest BCUT2D eigenvalue weighted by atomic mass is 32.2. The molecule has 1 rings (SSSR count). The van der Waals surface area contributed by atoms with Gasteiger partial charge in [0.1, 0.15) is 0 Å². The van der Waals surface area contributed by atoms with Crippen molar-refractivity contribution in [1.29, 1.82) is 5.26 Å². The lowest BCUT2D eigenvalue weighted by Gasteiger charge is -2.14. The Kier molecular flexibility index (Phi) is 4.84. The summed E-state index contributed by atoms with van der Waals surface area (Å²) in [7, 11) is -3.47. The summed E-state index contributed by atoms with van der Waals surface area (Å²) in [5.74, 6) is -0.0735. The van der Waals surface area contributed by atoms with Crippen LogP contribution in [0.15, 0.2) is 29.2 Å². The summed E-state index contributed by atoms with van der Waals surface area (Å²) < 4.78 is 24.1. The number of hydrogen-bond acceptors (Lipinski definition) is 5. The standard InChI is InChI=1S/C13H16N2O4S/c1-13(2,10-14)8-3-9-20(18,19)12-6-4-11(5-7-12)15(16)17/h4-7H,3,8-9H2,1-2H3. The van der Waals surface area contributed by atoms with E-state index in [1.165, 1.54) is 24.3 Å². The molecular formula is C13H16N2O4S. The zero-order valence-corrected chi connectivity index (χ0v) is 12.2. The number of nitrogens with zero attached hydrogens (tertiary/aromatic N) is 2. The number of hydrogen-bond donors (Lipinski definition) is 0. The van der Waals surface area contributed by atoms with E-state index in [1.807, 2.05) is 0 Å². The van der Waals surface area contributed by atoms with Gasteiger partial charge in [0.15, 0.2) is 9.84 Å². The Morgan fingerprint density at radius 1 is 1.30 bits per heavy atom. The van der Waals surface area contributed by atoms with Gasteiger partial charge in [-0.05, 0) is 38.8 Å². The minimum absolute atomic E-state index is 0.0675. The van der Waals surface area contributed by atoms with Crippen LogP contribution in [0.2, 0.25) is 0 Å². The smallest absolute Gasteiger partial charge is 0.258 e. The minimum Gasteiger partial charge on any atom is -0.258 e. The van der Waals surface area contributed by atoms with Gasteiger partial charge in [0, 0.05) is 12.1 Å². The molecule has 0 saturated heterocycles. The first-order valence-electron chi connectivity index (χ1n) is 6.06. The maximum atomic E-state index is 12.0. The lowest BCUT2D eigenvalue weighted by atomic mass is 9.90. The molecule has 0 aliphatic carbocycles. The van der Waals surface area contributed by atoms with Gasteiger partial charge in [-0.3, -0.25) is 10.1 Å². The average Bonchev–Trinajstić information content (AvgIpc) is 2.38. The lowest BCUT2D eigenvalue weighted by Crippen LogP contribution is -2.12. The monoisotopic (exact) mass is 296 g/mol. The van der Waals surface area contributed by atoms with Crippen LogP contribution in [-0.2, 0) is 9.84 Å². The molecule has 0 amide bonds. The molecule has 0 unspecified atom stereocenters. The number of nitro benzene ring substituents is 1. The van der Waals surface area contributed by atoms with Crippen molar-refractivity contribution in [1.82, 2.24) is 0 Å². The van der Waals surface area contributed by atoms with Gasteiger partial charge in [-0.2, -0.15) is 5.26 Å². The van der Waals surface area contributed by atoms with E-state index in [0.717, 1.165) is 0 Å². The summed E-state index contributed by atoms with van der Waals surface area (Å²) in [6, 6.07) is 6.94. The van der Waals surface area contributed by atoms with Crippen LogP contribution >= 0.6 is 0 Å². The van der Waals surface area contributed by atoms with E-state index in [9.17, 15) is 18.5 Å². The van der Waals surface area contributed by atoms with Crippen molar-refractivity contribution in [2.45, 2.75) is 31.6 Å². The second-order valence-electron chi connectivity index (χ2n) is 5.17. The topological polar surface area (TPSA) is 101 Å². The Morgan fingerprint density at radius 3 is 2.30 bits per heavy atom. The van der Waals surface area contributed by atoms with Gasteiger partial charge in [-0.25, -0.2) is 8.42 Å². The number of rotatable bonds is 6. The molecule has 7 heteroatoms. The highest BCUT2D eigenvalue weighted by molar-refractivity contribution is 7.91. The third-order valence-electron chi connectivity index (χ3n) is 2.92. The molecule has 0 saturated carbocycles. The van der Waals surface area contributed by atoms with Gasteiger partial charge in [0.2, 0.25) is 0 Å². The van der Waals surface area contributed by atoms with Crippen molar-refractivity contribution in [2.24, 2.45) is 5.41 Å². The zero-order chi connectivity index (χ0) is 15.4. The van der Waals surface area contributed by atoms with E-state index in [0.29, 0.717) is 12.8 Å². The van der Waals surface area contributed by atoms with Gasteiger partial charge in [-0.15, -0.1) is 0 Å². The van der Waals surface area contributed by atoms with Gasteiger partial charge >= 0.3 is 0 Å². The Balaban J connectivity index is 2.75. The molecule has 0 aliphatic heterocycles. The van der Waals surface area contributed by atoms with Crippen LogP contribution in [0.1, 0.15) is 26.7 Å². The fraction of sp³-hybridized carbons (Fsp3) is 0.462. The number of nitro groups is 1. The predicted octanol–water partition coefficient (Wildman–Crippen LogP) is 2.70. The summed E-state index contributed by atoms with van der Waals surface area (Å²) in [6.07, 6.45) is 0.857. The molecule has 6 nitrogen and oxygen atoms in total. The molecule has 0 N–H and O–H groups in total. The normalized spacial score (nSPS) is 11.8. The first-order chi connectivity index (χ1) is 9.18. The maximum Gasteiger partial charge on any atom is 0.269 e. The van der Waals surface area contributed by atoms with Crippen molar-refractivity contribution in [3.63, 3.8) is 0 Å². The molecule has 0 spiro atoms. The number of sulfone groups is 1. The SMILES string of the molecule is CC(C)(C#N)CCCS(=O)(=O)c1ccc([N+](=O)[O-])cc1. The van der Waals surface area contributed by atoms with Crippen LogP contribution < -0.4 is 0 Å². The second kappa shape index (κ2) is 6.01. The fourth-order valence-electron chi connectivity index (χ4n) is 1.65. The number of nitriles is 1. The maximum absolute atomic E-state index is 12.0. The summed E-state index contributed by atoms with van der Waals surface area (Å²) in [6.45, 7) is 3.51. The summed E-state index contributed by atoms with van der Waals surface area (Å²) >= 11 is 0. The van der Waals surface area contributed by atoms with E-state index >= 15 is 0 Å². The van der Waals surface area contributed by atoms with Crippen molar-refractivity contribution in [2.75, 3.05) is 5.75 Å². The van der Waals surface area contributed by atoms with Crippen LogP contribution in [-0.4, -0.2) is 19.1 Å². The van der Waals surface area contributed by atoms with E-state index in [-0.39, 0.29) is 16.3 Å². The first kappa shape index (κ1) is 16.1. The minimum atomic E-state index is -3.47. The van der Waals surface area contributed by atoms with E-state index in [2.05, 4.69) is 6.07 Å². The van der Waals surface area contributed by atoms with Crippen LogP contribution in [0.25, 0.3) is 0 Å². The molecule has 108 valence electrons. The quantitative estimate of drug-likeness (QED) is 0.593. The molecule has 0 fully saturated rings. The third-order valence-corrected chi connectivity index (χ3v) is 4.74.